The molecular formula is C11H10ClF5OS. The van der Waals surface area contributed by atoms with Gasteiger partial charge in [0.05, 0.1) is 4.90 Å². The Hall–Kier alpha value is -0.690. The van der Waals surface area contributed by atoms with E-state index < -0.39 is 29.6 Å². The molecule has 1 aromatic rings. The molecule has 0 aliphatic rings. The first-order valence-corrected chi connectivity index (χ1v) is 6.56. The minimum absolute atomic E-state index is 0.372. The van der Waals surface area contributed by atoms with Gasteiger partial charge in [-0.05, 0) is 42.3 Å². The molecule has 0 aliphatic carbocycles. The van der Waals surface area contributed by atoms with Crippen LogP contribution in [0.15, 0.2) is 23.1 Å². The molecule has 0 atom stereocenters. The molecule has 0 spiro atoms. The van der Waals surface area contributed by atoms with Crippen molar-refractivity contribution in [1.82, 2.24) is 0 Å². The summed E-state index contributed by atoms with van der Waals surface area (Å²) in [5.74, 6) is -0.108. The monoisotopic (exact) mass is 320 g/mol. The third kappa shape index (κ3) is 6.33. The molecule has 0 aliphatic heterocycles. The highest BCUT2D eigenvalue weighted by Gasteiger charge is 2.31. The van der Waals surface area contributed by atoms with Gasteiger partial charge < -0.3 is 4.74 Å². The van der Waals surface area contributed by atoms with Gasteiger partial charge in [-0.2, -0.15) is 22.0 Å². The molecule has 19 heavy (non-hydrogen) atoms. The lowest BCUT2D eigenvalue weighted by atomic mass is 10.1. The number of hydrogen-bond donors (Lipinski definition) is 0. The van der Waals surface area contributed by atoms with E-state index in [0.717, 1.165) is 6.07 Å². The van der Waals surface area contributed by atoms with Gasteiger partial charge in [0.1, 0.15) is 5.75 Å². The van der Waals surface area contributed by atoms with Crippen LogP contribution in [0.5, 0.6) is 5.75 Å². The maximum absolute atomic E-state index is 12.3. The number of alkyl halides is 6. The molecule has 8 heteroatoms. The lowest BCUT2D eigenvalue weighted by Crippen LogP contribution is -2.06. The van der Waals surface area contributed by atoms with Crippen LogP contribution >= 0.6 is 23.4 Å². The Bertz CT molecular complexity index is 411. The van der Waals surface area contributed by atoms with Crippen molar-refractivity contribution in [2.75, 3.05) is 5.88 Å². The van der Waals surface area contributed by atoms with E-state index in [0.29, 0.717) is 24.3 Å². The average Bonchev–Trinajstić information content (AvgIpc) is 2.27. The Balaban J connectivity index is 2.96. The quantitative estimate of drug-likeness (QED) is 0.411. The van der Waals surface area contributed by atoms with Gasteiger partial charge in [-0.1, -0.05) is 6.07 Å². The lowest BCUT2D eigenvalue weighted by Gasteiger charge is -2.13. The summed E-state index contributed by atoms with van der Waals surface area (Å²) >= 11 is 5.01. The summed E-state index contributed by atoms with van der Waals surface area (Å²) in [4.78, 5) is -0.375. The number of benzene rings is 1. The first-order valence-electron chi connectivity index (χ1n) is 5.21. The van der Waals surface area contributed by atoms with Crippen molar-refractivity contribution in [2.45, 2.75) is 29.9 Å². The molecule has 108 valence electrons. The normalized spacial score (nSPS) is 11.9. The maximum atomic E-state index is 12.3. The molecule has 0 amide bonds. The zero-order valence-electron chi connectivity index (χ0n) is 9.52. The van der Waals surface area contributed by atoms with Crippen LogP contribution in [0.4, 0.5) is 22.0 Å². The molecule has 0 unspecified atom stereocenters. The summed E-state index contributed by atoms with van der Waals surface area (Å²) in [6.07, 6.45) is 1.07. The number of aryl methyl sites for hydroxylation is 1. The fourth-order valence-electron chi connectivity index (χ4n) is 1.38. The van der Waals surface area contributed by atoms with Gasteiger partial charge in [0.25, 0.3) is 0 Å². The molecule has 0 N–H and O–H groups in total. The topological polar surface area (TPSA) is 9.23 Å². The Morgan fingerprint density at radius 2 is 1.95 bits per heavy atom. The van der Waals surface area contributed by atoms with Gasteiger partial charge in [-0.15, -0.1) is 11.6 Å². The minimum atomic E-state index is -4.56. The second-order valence-electron chi connectivity index (χ2n) is 3.50. The molecule has 1 aromatic carbocycles. The highest BCUT2D eigenvalue weighted by atomic mass is 35.5. The number of hydrogen-bond acceptors (Lipinski definition) is 2. The second kappa shape index (κ2) is 7.19. The zero-order chi connectivity index (χ0) is 14.5. The lowest BCUT2D eigenvalue weighted by molar-refractivity contribution is -0.0527. The van der Waals surface area contributed by atoms with E-state index in [4.69, 9.17) is 11.6 Å². The Morgan fingerprint density at radius 1 is 1.26 bits per heavy atom. The fourth-order valence-corrected chi connectivity index (χ4v) is 2.19. The van der Waals surface area contributed by atoms with Crippen LogP contribution in [0.3, 0.4) is 0 Å². The maximum Gasteiger partial charge on any atom is 0.446 e. The molecule has 1 rings (SSSR count). The Labute approximate surface area is 116 Å². The van der Waals surface area contributed by atoms with Crippen LogP contribution in [0.2, 0.25) is 0 Å². The first kappa shape index (κ1) is 16.4. The predicted octanol–water partition coefficient (Wildman–Crippen LogP) is 5.07. The van der Waals surface area contributed by atoms with E-state index in [9.17, 15) is 22.0 Å². The van der Waals surface area contributed by atoms with Crippen molar-refractivity contribution in [3.8, 4) is 5.75 Å². The highest BCUT2D eigenvalue weighted by molar-refractivity contribution is 8.00. The summed E-state index contributed by atoms with van der Waals surface area (Å²) in [5, 5.41) is 0. The molecule has 0 fully saturated rings. The van der Waals surface area contributed by atoms with Crippen molar-refractivity contribution >= 4 is 23.4 Å². The zero-order valence-corrected chi connectivity index (χ0v) is 11.1. The fraction of sp³-hybridized carbons (Fsp3) is 0.455. The molecule has 0 aromatic heterocycles. The van der Waals surface area contributed by atoms with Crippen molar-refractivity contribution in [3.05, 3.63) is 23.8 Å². The van der Waals surface area contributed by atoms with Crippen molar-refractivity contribution in [1.29, 1.82) is 0 Å². The first-order chi connectivity index (χ1) is 8.81. The van der Waals surface area contributed by atoms with E-state index >= 15 is 0 Å². The minimum Gasteiger partial charge on any atom is -0.434 e. The molecule has 0 radical (unpaired) electrons. The van der Waals surface area contributed by atoms with Gasteiger partial charge >= 0.3 is 12.1 Å². The van der Waals surface area contributed by atoms with Crippen LogP contribution in [0.1, 0.15) is 12.0 Å². The van der Waals surface area contributed by atoms with Crippen LogP contribution in [-0.4, -0.2) is 18.0 Å². The summed E-state index contributed by atoms with van der Waals surface area (Å²) in [5.41, 5.74) is -3.97. The second-order valence-corrected chi connectivity index (χ2v) is 4.98. The standard InChI is InChI=1S/C11H10ClF5OS/c12-5-1-2-7-3-4-8(18-10(13)14)9(6-7)19-11(15,16)17/h3-4,6,10H,1-2,5H2. The summed E-state index contributed by atoms with van der Waals surface area (Å²) < 4.78 is 65.3. The molecule has 0 heterocycles. The number of ether oxygens (including phenoxy) is 1. The third-order valence-corrected chi connectivity index (χ3v) is 3.09. The summed E-state index contributed by atoms with van der Waals surface area (Å²) in [6, 6.07) is 3.76. The third-order valence-electron chi connectivity index (χ3n) is 2.05. The Kier molecular flexibility index (Phi) is 6.19. The number of halogens is 6. The van der Waals surface area contributed by atoms with Crippen molar-refractivity contribution in [3.63, 3.8) is 0 Å². The van der Waals surface area contributed by atoms with Gasteiger partial charge in [-0.3, -0.25) is 0 Å². The highest BCUT2D eigenvalue weighted by Crippen LogP contribution is 2.42. The molecular weight excluding hydrogens is 311 g/mol. The average molecular weight is 321 g/mol. The van der Waals surface area contributed by atoms with E-state index in [1.807, 2.05) is 0 Å². The van der Waals surface area contributed by atoms with Gasteiger partial charge in [0.2, 0.25) is 0 Å². The molecule has 0 saturated heterocycles. The largest absolute Gasteiger partial charge is 0.446 e. The summed E-state index contributed by atoms with van der Waals surface area (Å²) in [6.45, 7) is -3.17. The number of thioether (sulfide) groups is 1. The van der Waals surface area contributed by atoms with Gasteiger partial charge in [0.15, 0.2) is 0 Å². The SMILES string of the molecule is FC(F)Oc1ccc(CCCCl)cc1SC(F)(F)F. The van der Waals surface area contributed by atoms with Gasteiger partial charge in [0, 0.05) is 5.88 Å². The number of rotatable bonds is 6. The van der Waals surface area contributed by atoms with Crippen LogP contribution in [-0.2, 0) is 6.42 Å². The molecule has 1 nitrogen and oxygen atoms in total. The van der Waals surface area contributed by atoms with E-state index in [-0.39, 0.29) is 4.90 Å². The van der Waals surface area contributed by atoms with E-state index in [1.165, 1.54) is 12.1 Å². The predicted molar refractivity (Wildman–Crippen MR) is 64.0 cm³/mol. The van der Waals surface area contributed by atoms with Crippen LogP contribution in [0.25, 0.3) is 0 Å². The van der Waals surface area contributed by atoms with Crippen LogP contribution < -0.4 is 4.74 Å². The van der Waals surface area contributed by atoms with E-state index in [1.54, 1.807) is 0 Å². The van der Waals surface area contributed by atoms with E-state index in [2.05, 4.69) is 4.74 Å². The summed E-state index contributed by atoms with van der Waals surface area (Å²) in [7, 11) is 0. The van der Waals surface area contributed by atoms with Gasteiger partial charge in [-0.25, -0.2) is 0 Å². The van der Waals surface area contributed by atoms with Crippen molar-refractivity contribution < 1.29 is 26.7 Å². The van der Waals surface area contributed by atoms with Crippen molar-refractivity contribution in [2.24, 2.45) is 0 Å². The Morgan fingerprint density at radius 3 is 2.47 bits per heavy atom. The molecule has 0 bridgehead atoms. The molecule has 0 saturated carbocycles. The smallest absolute Gasteiger partial charge is 0.434 e. The van der Waals surface area contributed by atoms with Crippen LogP contribution in [0, 0.1) is 0 Å².